The highest BCUT2D eigenvalue weighted by molar-refractivity contribution is 7.15. The Morgan fingerprint density at radius 1 is 0.928 bits per heavy atom. The number of aryl methyl sites for hydroxylation is 3. The number of carbonyl (C=O) groups excluding carboxylic acids is 3. The number of aliphatic imine (C=N–C) groups is 1. The number of aromatic nitrogens is 4. The molecule has 3 aromatic carbocycles. The van der Waals surface area contributed by atoms with E-state index in [4.69, 9.17) is 14.5 Å². The molecule has 2 aliphatic rings. The van der Waals surface area contributed by atoms with Gasteiger partial charge in [-0.3, -0.25) is 28.7 Å². The third-order valence-corrected chi connectivity index (χ3v) is 14.8. The summed E-state index contributed by atoms with van der Waals surface area (Å²) in [5.74, 6) is -0.417. The van der Waals surface area contributed by atoms with E-state index in [-0.39, 0.29) is 25.4 Å². The molecule has 16 nitrogen and oxygen atoms in total. The first kappa shape index (κ1) is 48.7. The van der Waals surface area contributed by atoms with Crippen LogP contribution in [-0.4, -0.2) is 103 Å². The number of amides is 3. The predicted molar refractivity (Wildman–Crippen MR) is 264 cm³/mol. The van der Waals surface area contributed by atoms with Crippen LogP contribution in [0.3, 0.4) is 0 Å². The lowest BCUT2D eigenvalue weighted by molar-refractivity contribution is -0.144. The van der Waals surface area contributed by atoms with Crippen molar-refractivity contribution in [2.75, 3.05) is 20.3 Å². The third-order valence-electron chi connectivity index (χ3n) is 12.7. The van der Waals surface area contributed by atoms with Crippen LogP contribution in [0.2, 0.25) is 0 Å². The second-order valence-corrected chi connectivity index (χ2v) is 20.7. The number of hydrogen-bond acceptors (Lipinski definition) is 13. The van der Waals surface area contributed by atoms with Crippen LogP contribution in [0.25, 0.3) is 26.6 Å². The molecule has 0 unspecified atom stereocenters. The van der Waals surface area contributed by atoms with Crippen molar-refractivity contribution in [3.8, 4) is 38.1 Å². The van der Waals surface area contributed by atoms with E-state index in [2.05, 4.69) is 25.8 Å². The summed E-state index contributed by atoms with van der Waals surface area (Å²) in [4.78, 5) is 66.5. The standard InChI is InChI=1S/C51H56N8O8S2/c1-26-29(4)69-50-43(26)44(54-38(22-42(62)63)47-57-56-30(5)59(47)50)33-14-12-32(13-15-33)37-19-18-36(21-40(37)66-9)67-24-41(61)55-46(51(6,7)8)49(65)58-23-35(60)20-39(58)48(64)53-27(2)31-10-16-34(17-11-31)45-28(3)52-25-68-45/h10-19,21,25,27,35,38-39,46,60H,20,22-24H2,1-9H3,(H,53,64)(H,55,61)(H,62,63)/t27-,35+,38-,39-,46+/m0/s1. The number of nitrogens with one attached hydrogen (secondary N) is 2. The highest BCUT2D eigenvalue weighted by Crippen LogP contribution is 2.41. The van der Waals surface area contributed by atoms with Crippen molar-refractivity contribution in [3.05, 3.63) is 117 Å². The van der Waals surface area contributed by atoms with Crippen LogP contribution in [0.5, 0.6) is 11.5 Å². The molecule has 360 valence electrons. The van der Waals surface area contributed by atoms with Gasteiger partial charge in [0.05, 0.1) is 47.5 Å². The van der Waals surface area contributed by atoms with Crippen LogP contribution in [0.4, 0.5) is 0 Å². The minimum atomic E-state index is -1.04. The Morgan fingerprint density at radius 2 is 1.62 bits per heavy atom. The number of carbonyl (C=O) groups is 4. The Balaban J connectivity index is 0.931. The number of nitrogens with zero attached hydrogens (tertiary/aromatic N) is 6. The summed E-state index contributed by atoms with van der Waals surface area (Å²) in [7, 11) is 1.54. The van der Waals surface area contributed by atoms with Gasteiger partial charge in [0.15, 0.2) is 12.4 Å². The summed E-state index contributed by atoms with van der Waals surface area (Å²) in [6, 6.07) is 17.8. The fraction of sp³-hybridized carbons (Fsp3) is 0.373. The van der Waals surface area contributed by atoms with E-state index < -0.39 is 59.9 Å². The number of aliphatic carboxylic acids is 1. The van der Waals surface area contributed by atoms with Crippen molar-refractivity contribution in [1.29, 1.82) is 0 Å². The Hall–Kier alpha value is -6.76. The molecule has 18 heteroatoms. The number of benzene rings is 3. The molecule has 0 radical (unpaired) electrons. The number of fused-ring (bicyclic) bond motifs is 3. The van der Waals surface area contributed by atoms with Gasteiger partial charge < -0.3 is 35.2 Å². The van der Waals surface area contributed by atoms with Gasteiger partial charge >= 0.3 is 5.97 Å². The van der Waals surface area contributed by atoms with E-state index in [1.54, 1.807) is 41.9 Å². The number of rotatable bonds is 14. The van der Waals surface area contributed by atoms with Crippen molar-refractivity contribution >= 4 is 52.1 Å². The maximum atomic E-state index is 14.3. The van der Waals surface area contributed by atoms with Gasteiger partial charge in [-0.2, -0.15) is 0 Å². The van der Waals surface area contributed by atoms with Gasteiger partial charge in [-0.05, 0) is 74.4 Å². The first-order chi connectivity index (χ1) is 32.8. The van der Waals surface area contributed by atoms with Crippen LogP contribution in [0.15, 0.2) is 77.2 Å². The highest BCUT2D eigenvalue weighted by atomic mass is 32.1. The number of thiophene rings is 1. The lowest BCUT2D eigenvalue weighted by Crippen LogP contribution is -2.58. The number of methoxy groups -OCH3 is 1. The van der Waals surface area contributed by atoms with E-state index in [0.717, 1.165) is 59.4 Å². The summed E-state index contributed by atoms with van der Waals surface area (Å²) < 4.78 is 13.7. The van der Waals surface area contributed by atoms with E-state index in [9.17, 15) is 29.4 Å². The van der Waals surface area contributed by atoms with Crippen molar-refractivity contribution in [3.63, 3.8) is 0 Å². The Kier molecular flexibility index (Phi) is 13.9. The summed E-state index contributed by atoms with van der Waals surface area (Å²) >= 11 is 3.16. The zero-order chi connectivity index (χ0) is 49.5. The summed E-state index contributed by atoms with van der Waals surface area (Å²) in [5, 5.41) is 36.0. The van der Waals surface area contributed by atoms with Gasteiger partial charge in [-0.25, -0.2) is 4.98 Å². The van der Waals surface area contributed by atoms with Gasteiger partial charge in [-0.1, -0.05) is 69.3 Å². The van der Waals surface area contributed by atoms with Crippen LogP contribution < -0.4 is 20.1 Å². The SMILES string of the molecule is COc1cc(OCC(=O)N[C@H](C(=O)N2C[C@H](O)C[C@H]2C(=O)N[C@@H](C)c2ccc(-c3scnc3C)cc2)C(C)(C)C)ccc1-c1ccc(C2=N[C@@H](CC(=O)O)c3nnc(C)n3-c3sc(C)c(C)c32)cc1. The molecule has 0 aliphatic carbocycles. The first-order valence-corrected chi connectivity index (χ1v) is 24.3. The number of aliphatic hydroxyl groups is 1. The molecule has 6 aromatic rings. The van der Waals surface area contributed by atoms with E-state index >= 15 is 0 Å². The maximum Gasteiger partial charge on any atom is 0.306 e. The molecule has 69 heavy (non-hydrogen) atoms. The number of ether oxygens (including phenoxy) is 2. The van der Waals surface area contributed by atoms with Crippen LogP contribution in [0, 0.1) is 33.1 Å². The Bertz CT molecular complexity index is 2950. The van der Waals surface area contributed by atoms with Gasteiger partial charge in [0.1, 0.15) is 40.5 Å². The number of aliphatic hydroxyl groups excluding tert-OH is 1. The molecule has 2 aliphatic heterocycles. The fourth-order valence-electron chi connectivity index (χ4n) is 8.86. The normalized spacial score (nSPS) is 17.5. The Labute approximate surface area is 408 Å². The topological polar surface area (TPSA) is 210 Å². The molecule has 8 rings (SSSR count). The van der Waals surface area contributed by atoms with Crippen LogP contribution in [-0.2, 0) is 19.2 Å². The average Bonchev–Trinajstić information content (AvgIpc) is 4.09. The molecule has 1 saturated heterocycles. The van der Waals surface area contributed by atoms with E-state index in [1.807, 2.05) is 120 Å². The first-order valence-electron chi connectivity index (χ1n) is 22.7. The van der Waals surface area contributed by atoms with Gasteiger partial charge in [0, 0.05) is 40.6 Å². The fourth-order valence-corrected chi connectivity index (χ4v) is 10.9. The second kappa shape index (κ2) is 19.7. The average molecular weight is 973 g/mol. The quantitative estimate of drug-likeness (QED) is 0.0841. The van der Waals surface area contributed by atoms with Gasteiger partial charge in [0.25, 0.3) is 5.91 Å². The third kappa shape index (κ3) is 10.0. The molecular weight excluding hydrogens is 917 g/mol. The molecule has 3 amide bonds. The van der Waals surface area contributed by atoms with E-state index in [1.165, 1.54) is 4.90 Å². The van der Waals surface area contributed by atoms with Gasteiger partial charge in [-0.15, -0.1) is 32.9 Å². The van der Waals surface area contributed by atoms with Crippen LogP contribution >= 0.6 is 22.7 Å². The lowest BCUT2D eigenvalue weighted by Gasteiger charge is -2.35. The number of likely N-dealkylation sites (tertiary alicyclic amines) is 1. The molecule has 4 N–H and O–H groups in total. The van der Waals surface area contributed by atoms with Crippen molar-refractivity contribution in [2.45, 2.75) is 98.5 Å². The van der Waals surface area contributed by atoms with Crippen molar-refractivity contribution < 1.29 is 38.9 Å². The van der Waals surface area contributed by atoms with Crippen molar-refractivity contribution in [2.24, 2.45) is 10.4 Å². The maximum absolute atomic E-state index is 14.3. The molecule has 0 bridgehead atoms. The summed E-state index contributed by atoms with van der Waals surface area (Å²) in [5.41, 5.74) is 8.95. The molecule has 0 spiro atoms. The number of thiazole rings is 1. The number of carboxylic acid groups (broad SMARTS) is 1. The smallest absolute Gasteiger partial charge is 0.306 e. The summed E-state index contributed by atoms with van der Waals surface area (Å²) in [6.45, 7) is 14.8. The zero-order valence-electron chi connectivity index (χ0n) is 40.0. The molecule has 1 fully saturated rings. The minimum absolute atomic E-state index is 0.0523. The van der Waals surface area contributed by atoms with Crippen LogP contribution in [0.1, 0.15) is 97.1 Å². The van der Waals surface area contributed by atoms with E-state index in [0.29, 0.717) is 28.9 Å². The van der Waals surface area contributed by atoms with Crippen molar-refractivity contribution in [1.82, 2.24) is 35.3 Å². The number of carboxylic acids is 1. The largest absolute Gasteiger partial charge is 0.496 e. The molecule has 3 aromatic heterocycles. The second-order valence-electron chi connectivity index (χ2n) is 18.6. The zero-order valence-corrected chi connectivity index (χ0v) is 41.6. The number of β-amino-alcohol motifs (C(OH)–C–C–N with tert-alkyl or cyclic N) is 1. The molecular formula is C51H56N8O8S2. The lowest BCUT2D eigenvalue weighted by atomic mass is 9.85. The molecule has 5 heterocycles. The molecule has 0 saturated carbocycles. The Morgan fingerprint density at radius 3 is 2.28 bits per heavy atom. The molecule has 5 atom stereocenters. The minimum Gasteiger partial charge on any atom is -0.496 e. The number of hydrogen-bond donors (Lipinski definition) is 4. The predicted octanol–water partition coefficient (Wildman–Crippen LogP) is 7.48. The summed E-state index contributed by atoms with van der Waals surface area (Å²) in [6.07, 6.45) is -1.09. The monoisotopic (exact) mass is 972 g/mol. The van der Waals surface area contributed by atoms with Gasteiger partial charge in [0.2, 0.25) is 11.8 Å². The highest BCUT2D eigenvalue weighted by Gasteiger charge is 2.45.